The minimum Gasteiger partial charge on any atom is -0.481 e. The summed E-state index contributed by atoms with van der Waals surface area (Å²) in [6.07, 6.45) is -2.99. The monoisotopic (exact) mass is 286 g/mol. The van der Waals surface area contributed by atoms with E-state index in [-0.39, 0.29) is 0 Å². The highest BCUT2D eigenvalue weighted by atomic mass is 31.2. The molecule has 0 aromatic carbocycles. The molecule has 0 radical (unpaired) electrons. The maximum absolute atomic E-state index is 10.9. The second-order valence-electron chi connectivity index (χ2n) is 3.35. The maximum atomic E-state index is 10.9. The Morgan fingerprint density at radius 2 is 1.56 bits per heavy atom. The van der Waals surface area contributed by atoms with E-state index in [0.717, 1.165) is 0 Å². The standard InChI is InChI=1S/C7H11O10P/c8-4(9)1-2-7(6(12)13,3-5(10)11)17-18(14,15)16/h1-3H2,(H,8,9)(H,10,11)(H,12,13)(H2,14,15,16). The highest BCUT2D eigenvalue weighted by Crippen LogP contribution is 2.44. The van der Waals surface area contributed by atoms with Crippen molar-refractivity contribution in [1.29, 1.82) is 0 Å². The summed E-state index contributed by atoms with van der Waals surface area (Å²) in [4.78, 5) is 48.9. The lowest BCUT2D eigenvalue weighted by atomic mass is 9.94. The van der Waals surface area contributed by atoms with E-state index in [9.17, 15) is 18.9 Å². The summed E-state index contributed by atoms with van der Waals surface area (Å²) >= 11 is 0. The molecule has 0 fully saturated rings. The first-order chi connectivity index (χ1) is 7.98. The van der Waals surface area contributed by atoms with Gasteiger partial charge in [0, 0.05) is 6.42 Å². The van der Waals surface area contributed by atoms with Crippen molar-refractivity contribution in [3.8, 4) is 0 Å². The molecule has 0 spiro atoms. The highest BCUT2D eigenvalue weighted by Gasteiger charge is 2.47. The fourth-order valence-electron chi connectivity index (χ4n) is 1.17. The SMILES string of the molecule is O=C(O)CCC(CC(=O)O)(OP(=O)(O)O)C(=O)O. The molecule has 104 valence electrons. The Labute approximate surface area is 100 Å². The molecule has 1 unspecified atom stereocenters. The van der Waals surface area contributed by atoms with E-state index in [1.807, 2.05) is 0 Å². The van der Waals surface area contributed by atoms with E-state index >= 15 is 0 Å². The lowest BCUT2D eigenvalue weighted by Gasteiger charge is -2.27. The zero-order valence-corrected chi connectivity index (χ0v) is 9.74. The molecule has 0 saturated heterocycles. The molecule has 0 saturated carbocycles. The van der Waals surface area contributed by atoms with Crippen molar-refractivity contribution in [3.05, 3.63) is 0 Å². The summed E-state index contributed by atoms with van der Waals surface area (Å²) in [6, 6.07) is 0. The molecule has 0 aliphatic carbocycles. The van der Waals surface area contributed by atoms with Gasteiger partial charge in [-0.2, -0.15) is 0 Å². The first kappa shape index (κ1) is 16.5. The van der Waals surface area contributed by atoms with Gasteiger partial charge in [-0.25, -0.2) is 9.36 Å². The third-order valence-electron chi connectivity index (χ3n) is 1.86. The Morgan fingerprint density at radius 3 is 1.83 bits per heavy atom. The van der Waals surface area contributed by atoms with E-state index in [2.05, 4.69) is 4.52 Å². The van der Waals surface area contributed by atoms with Crippen LogP contribution in [0.4, 0.5) is 0 Å². The van der Waals surface area contributed by atoms with Crippen LogP contribution in [0.25, 0.3) is 0 Å². The van der Waals surface area contributed by atoms with Crippen LogP contribution >= 0.6 is 7.82 Å². The molecule has 0 aliphatic rings. The Bertz CT molecular complexity index is 397. The van der Waals surface area contributed by atoms with Crippen LogP contribution in [0.15, 0.2) is 0 Å². The molecular formula is C7H11O10P. The van der Waals surface area contributed by atoms with E-state index < -0.39 is 50.6 Å². The molecule has 0 bridgehead atoms. The largest absolute Gasteiger partial charge is 0.481 e. The number of carboxylic acid groups (broad SMARTS) is 3. The van der Waals surface area contributed by atoms with Crippen molar-refractivity contribution in [2.45, 2.75) is 24.9 Å². The predicted octanol–water partition coefficient (Wildman–Crippen LogP) is -0.741. The van der Waals surface area contributed by atoms with Crippen LogP contribution in [-0.2, 0) is 23.5 Å². The van der Waals surface area contributed by atoms with Crippen molar-refractivity contribution in [2.75, 3.05) is 0 Å². The van der Waals surface area contributed by atoms with E-state index in [0.29, 0.717) is 0 Å². The van der Waals surface area contributed by atoms with Gasteiger partial charge in [-0.05, 0) is 6.42 Å². The summed E-state index contributed by atoms with van der Waals surface area (Å²) in [6.45, 7) is 0. The average Bonchev–Trinajstić information content (AvgIpc) is 2.10. The van der Waals surface area contributed by atoms with E-state index in [1.54, 1.807) is 0 Å². The topological polar surface area (TPSA) is 179 Å². The van der Waals surface area contributed by atoms with Gasteiger partial charge in [-0.3, -0.25) is 14.1 Å². The molecule has 0 aromatic heterocycles. The second kappa shape index (κ2) is 5.91. The minimum absolute atomic E-state index is 0.820. The number of phosphoric ester groups is 1. The summed E-state index contributed by atoms with van der Waals surface area (Å²) in [7, 11) is -5.29. The number of carbonyl (C=O) groups is 3. The van der Waals surface area contributed by atoms with Gasteiger partial charge >= 0.3 is 25.7 Å². The van der Waals surface area contributed by atoms with Crippen molar-refractivity contribution in [3.63, 3.8) is 0 Å². The predicted molar refractivity (Wildman–Crippen MR) is 52.6 cm³/mol. The quantitative estimate of drug-likeness (QED) is 0.356. The van der Waals surface area contributed by atoms with Crippen molar-refractivity contribution in [2.24, 2.45) is 0 Å². The first-order valence-electron chi connectivity index (χ1n) is 4.42. The van der Waals surface area contributed by atoms with Crippen LogP contribution in [0, 0.1) is 0 Å². The van der Waals surface area contributed by atoms with Crippen LogP contribution in [0.2, 0.25) is 0 Å². The fraction of sp³-hybridized carbons (Fsp3) is 0.571. The summed E-state index contributed by atoms with van der Waals surface area (Å²) in [5, 5.41) is 25.7. The van der Waals surface area contributed by atoms with Crippen molar-refractivity contribution >= 4 is 25.7 Å². The van der Waals surface area contributed by atoms with Gasteiger partial charge in [0.05, 0.1) is 6.42 Å². The zero-order valence-electron chi connectivity index (χ0n) is 8.85. The highest BCUT2D eigenvalue weighted by molar-refractivity contribution is 7.46. The van der Waals surface area contributed by atoms with Gasteiger partial charge in [0.25, 0.3) is 0 Å². The van der Waals surface area contributed by atoms with Gasteiger partial charge < -0.3 is 25.1 Å². The smallest absolute Gasteiger partial charge is 0.470 e. The fourth-order valence-corrected chi connectivity index (χ4v) is 1.86. The molecule has 0 aromatic rings. The van der Waals surface area contributed by atoms with Crippen LogP contribution in [-0.4, -0.2) is 48.6 Å². The molecule has 0 heterocycles. The van der Waals surface area contributed by atoms with E-state index in [1.165, 1.54) is 0 Å². The second-order valence-corrected chi connectivity index (χ2v) is 4.51. The van der Waals surface area contributed by atoms with Crippen molar-refractivity contribution in [1.82, 2.24) is 0 Å². The van der Waals surface area contributed by atoms with Gasteiger partial charge in [0.1, 0.15) is 0 Å². The molecule has 0 rings (SSSR count). The van der Waals surface area contributed by atoms with Gasteiger partial charge in [0.2, 0.25) is 0 Å². The molecule has 18 heavy (non-hydrogen) atoms. The number of hydrogen-bond donors (Lipinski definition) is 5. The van der Waals surface area contributed by atoms with Crippen LogP contribution in [0.3, 0.4) is 0 Å². The molecule has 5 N–H and O–H groups in total. The van der Waals surface area contributed by atoms with Gasteiger partial charge in [0.15, 0.2) is 5.60 Å². The van der Waals surface area contributed by atoms with Gasteiger partial charge in [-0.15, -0.1) is 0 Å². The lowest BCUT2D eigenvalue weighted by Crippen LogP contribution is -2.43. The molecule has 11 heteroatoms. The number of aliphatic carboxylic acids is 3. The third-order valence-corrected chi connectivity index (χ3v) is 2.45. The average molecular weight is 286 g/mol. The Morgan fingerprint density at radius 1 is 1.06 bits per heavy atom. The normalized spacial score (nSPS) is 14.8. The Balaban J connectivity index is 5.27. The first-order valence-corrected chi connectivity index (χ1v) is 5.95. The molecular weight excluding hydrogens is 275 g/mol. The number of rotatable bonds is 8. The number of hydrogen-bond acceptors (Lipinski definition) is 5. The molecule has 0 aliphatic heterocycles. The Hall–Kier alpha value is -1.48. The summed E-state index contributed by atoms with van der Waals surface area (Å²) in [5.41, 5.74) is -2.79. The van der Waals surface area contributed by atoms with E-state index in [4.69, 9.17) is 25.1 Å². The zero-order chi connectivity index (χ0) is 14.6. The maximum Gasteiger partial charge on any atom is 0.470 e. The third kappa shape index (κ3) is 5.73. The number of carboxylic acids is 3. The molecule has 0 amide bonds. The molecule has 10 nitrogen and oxygen atoms in total. The molecule has 1 atom stereocenters. The number of phosphoric acid groups is 1. The lowest BCUT2D eigenvalue weighted by molar-refractivity contribution is -0.165. The minimum atomic E-state index is -5.29. The van der Waals surface area contributed by atoms with Crippen molar-refractivity contribution < 1.29 is 48.6 Å². The summed E-state index contributed by atoms with van der Waals surface area (Å²) < 4.78 is 14.6. The van der Waals surface area contributed by atoms with Crippen LogP contribution < -0.4 is 0 Å². The van der Waals surface area contributed by atoms with Gasteiger partial charge in [-0.1, -0.05) is 0 Å². The van der Waals surface area contributed by atoms with Crippen LogP contribution in [0.1, 0.15) is 19.3 Å². The van der Waals surface area contributed by atoms with Crippen LogP contribution in [0.5, 0.6) is 0 Å². The Kier molecular flexibility index (Phi) is 5.43. The summed E-state index contributed by atoms with van der Waals surface area (Å²) in [5.74, 6) is -5.12.